The van der Waals surface area contributed by atoms with Crippen molar-refractivity contribution < 1.29 is 4.74 Å². The van der Waals surface area contributed by atoms with E-state index >= 15 is 0 Å². The predicted molar refractivity (Wildman–Crippen MR) is 57.7 cm³/mol. The molecule has 2 atom stereocenters. The normalized spacial score (nSPS) is 32.8. The maximum Gasteiger partial charge on any atom is 0.107 e. The lowest BCUT2D eigenvalue weighted by Gasteiger charge is -2.56. The molecule has 1 fully saturated rings. The summed E-state index contributed by atoms with van der Waals surface area (Å²) < 4.78 is 5.41. The molecule has 0 amide bonds. The highest BCUT2D eigenvalue weighted by molar-refractivity contribution is 5.23. The molecule has 0 spiro atoms. The van der Waals surface area contributed by atoms with Crippen LogP contribution in [0.3, 0.4) is 0 Å². The Hall–Kier alpha value is -0.740. The standard InChI is InChI=1S/C13H18O/c1-4-7-14-9-10-5-6-11-8-12(10)13(11,2)3/h1,5,11-12H,6-9H2,2-3H3/t11-,12-/m0/s1. The second-order valence-corrected chi connectivity index (χ2v) is 5.02. The third-order valence-electron chi connectivity index (χ3n) is 4.04. The summed E-state index contributed by atoms with van der Waals surface area (Å²) in [7, 11) is 0. The molecular weight excluding hydrogens is 172 g/mol. The van der Waals surface area contributed by atoms with E-state index in [1.165, 1.54) is 18.4 Å². The van der Waals surface area contributed by atoms with Gasteiger partial charge in [0.05, 0.1) is 6.61 Å². The zero-order chi connectivity index (χ0) is 10.2. The molecule has 0 aromatic heterocycles. The molecule has 14 heavy (non-hydrogen) atoms. The summed E-state index contributed by atoms with van der Waals surface area (Å²) in [4.78, 5) is 0. The van der Waals surface area contributed by atoms with Crippen molar-refractivity contribution in [2.45, 2.75) is 26.7 Å². The Labute approximate surface area is 86.5 Å². The molecule has 0 saturated heterocycles. The minimum absolute atomic E-state index is 0.438. The molecule has 0 radical (unpaired) electrons. The molecule has 1 nitrogen and oxygen atoms in total. The van der Waals surface area contributed by atoms with Crippen molar-refractivity contribution >= 4 is 0 Å². The molecule has 76 valence electrons. The lowest BCUT2D eigenvalue weighted by atomic mass is 9.49. The Kier molecular flexibility index (Phi) is 2.41. The number of rotatable bonds is 3. The van der Waals surface area contributed by atoms with Gasteiger partial charge in [0, 0.05) is 0 Å². The first kappa shape index (κ1) is 9.80. The van der Waals surface area contributed by atoms with Gasteiger partial charge in [-0.25, -0.2) is 0 Å². The predicted octanol–water partition coefficient (Wildman–Crippen LogP) is 2.63. The van der Waals surface area contributed by atoms with Crippen molar-refractivity contribution in [3.05, 3.63) is 11.6 Å². The van der Waals surface area contributed by atoms with E-state index in [-0.39, 0.29) is 0 Å². The third kappa shape index (κ3) is 1.38. The van der Waals surface area contributed by atoms with Gasteiger partial charge in [-0.3, -0.25) is 0 Å². The van der Waals surface area contributed by atoms with Crippen molar-refractivity contribution in [1.82, 2.24) is 0 Å². The van der Waals surface area contributed by atoms with Gasteiger partial charge in [-0.05, 0) is 35.7 Å². The molecule has 0 aromatic carbocycles. The number of terminal acetylenes is 1. The molecule has 3 aliphatic rings. The first-order valence-electron chi connectivity index (χ1n) is 5.36. The summed E-state index contributed by atoms with van der Waals surface area (Å²) in [5.41, 5.74) is 1.98. The Balaban J connectivity index is 1.94. The Bertz CT molecular complexity index is 293. The van der Waals surface area contributed by atoms with Gasteiger partial charge in [0.15, 0.2) is 0 Å². The second-order valence-electron chi connectivity index (χ2n) is 5.02. The summed E-state index contributed by atoms with van der Waals surface area (Å²) in [6.45, 7) is 5.93. The minimum Gasteiger partial charge on any atom is -0.364 e. The largest absolute Gasteiger partial charge is 0.364 e. The van der Waals surface area contributed by atoms with Crippen molar-refractivity contribution in [1.29, 1.82) is 0 Å². The fourth-order valence-corrected chi connectivity index (χ4v) is 2.87. The molecule has 0 aromatic rings. The van der Waals surface area contributed by atoms with E-state index in [4.69, 9.17) is 11.2 Å². The topological polar surface area (TPSA) is 9.23 Å². The molecule has 0 N–H and O–H groups in total. The van der Waals surface area contributed by atoms with E-state index in [1.54, 1.807) is 0 Å². The van der Waals surface area contributed by atoms with Crippen LogP contribution < -0.4 is 0 Å². The maximum absolute atomic E-state index is 5.41. The second kappa shape index (κ2) is 3.44. The fraction of sp³-hybridized carbons (Fsp3) is 0.692. The van der Waals surface area contributed by atoms with Crippen LogP contribution in [0.5, 0.6) is 0 Å². The molecule has 1 saturated carbocycles. The van der Waals surface area contributed by atoms with E-state index in [0.29, 0.717) is 12.0 Å². The summed E-state index contributed by atoms with van der Waals surface area (Å²) in [5, 5.41) is 0. The monoisotopic (exact) mass is 190 g/mol. The van der Waals surface area contributed by atoms with Crippen LogP contribution in [-0.2, 0) is 4.74 Å². The quantitative estimate of drug-likeness (QED) is 0.377. The van der Waals surface area contributed by atoms with Crippen LogP contribution in [0.1, 0.15) is 26.7 Å². The van der Waals surface area contributed by atoms with Crippen molar-refractivity contribution in [3.8, 4) is 12.3 Å². The van der Waals surface area contributed by atoms with Gasteiger partial charge in [0.2, 0.25) is 0 Å². The van der Waals surface area contributed by atoms with Crippen LogP contribution >= 0.6 is 0 Å². The summed E-state index contributed by atoms with van der Waals surface area (Å²) in [6.07, 6.45) is 10.1. The molecule has 3 aliphatic carbocycles. The number of hydrogen-bond acceptors (Lipinski definition) is 1. The van der Waals surface area contributed by atoms with Crippen LogP contribution in [0.2, 0.25) is 0 Å². The van der Waals surface area contributed by atoms with E-state index < -0.39 is 0 Å². The van der Waals surface area contributed by atoms with Crippen molar-refractivity contribution in [2.75, 3.05) is 13.2 Å². The minimum atomic E-state index is 0.438. The van der Waals surface area contributed by atoms with Crippen molar-refractivity contribution in [2.24, 2.45) is 17.3 Å². The van der Waals surface area contributed by atoms with Crippen LogP contribution in [0, 0.1) is 29.6 Å². The maximum atomic E-state index is 5.41. The number of hydrogen-bond donors (Lipinski definition) is 0. The van der Waals surface area contributed by atoms with Crippen LogP contribution in [0.4, 0.5) is 0 Å². The van der Waals surface area contributed by atoms with Gasteiger partial charge < -0.3 is 4.74 Å². The highest BCUT2D eigenvalue weighted by Gasteiger charge is 2.50. The molecule has 3 rings (SSSR count). The van der Waals surface area contributed by atoms with E-state index in [9.17, 15) is 0 Å². The van der Waals surface area contributed by atoms with Gasteiger partial charge in [-0.2, -0.15) is 0 Å². The van der Waals surface area contributed by atoms with Gasteiger partial charge >= 0.3 is 0 Å². The van der Waals surface area contributed by atoms with Gasteiger partial charge in [0.25, 0.3) is 0 Å². The molecule has 2 bridgehead atoms. The molecule has 1 heteroatoms. The average Bonchev–Trinajstić information content (AvgIpc) is 2.18. The zero-order valence-corrected chi connectivity index (χ0v) is 9.05. The van der Waals surface area contributed by atoms with E-state index in [2.05, 4.69) is 25.8 Å². The SMILES string of the molecule is C#CCOCC1=CC[C@H]2C[C@@H]1C2(C)C. The molecular formula is C13H18O. The number of ether oxygens (including phenoxy) is 1. The van der Waals surface area contributed by atoms with Crippen LogP contribution in [-0.4, -0.2) is 13.2 Å². The lowest BCUT2D eigenvalue weighted by Crippen LogP contribution is -2.48. The third-order valence-corrected chi connectivity index (χ3v) is 4.04. The fourth-order valence-electron chi connectivity index (χ4n) is 2.87. The van der Waals surface area contributed by atoms with Crippen LogP contribution in [0.15, 0.2) is 11.6 Å². The molecule has 0 heterocycles. The molecule has 0 unspecified atom stereocenters. The first-order valence-corrected chi connectivity index (χ1v) is 5.36. The average molecular weight is 190 g/mol. The van der Waals surface area contributed by atoms with Crippen LogP contribution in [0.25, 0.3) is 0 Å². The number of fused-ring (bicyclic) bond motifs is 1. The van der Waals surface area contributed by atoms with E-state index in [0.717, 1.165) is 18.4 Å². The first-order chi connectivity index (χ1) is 6.66. The Morgan fingerprint density at radius 2 is 2.43 bits per heavy atom. The Morgan fingerprint density at radius 3 is 3.00 bits per heavy atom. The summed E-state index contributed by atoms with van der Waals surface area (Å²) >= 11 is 0. The van der Waals surface area contributed by atoms with E-state index in [1.807, 2.05) is 0 Å². The highest BCUT2D eigenvalue weighted by atomic mass is 16.5. The Morgan fingerprint density at radius 1 is 1.64 bits per heavy atom. The van der Waals surface area contributed by atoms with Crippen molar-refractivity contribution in [3.63, 3.8) is 0 Å². The summed E-state index contributed by atoms with van der Waals surface area (Å²) in [6, 6.07) is 0. The lowest BCUT2D eigenvalue weighted by molar-refractivity contribution is -0.0159. The number of allylic oxidation sites excluding steroid dienone is 1. The smallest absolute Gasteiger partial charge is 0.107 e. The van der Waals surface area contributed by atoms with Gasteiger partial charge in [-0.15, -0.1) is 6.42 Å². The summed E-state index contributed by atoms with van der Waals surface area (Å²) in [5.74, 6) is 4.16. The van der Waals surface area contributed by atoms with Gasteiger partial charge in [0.1, 0.15) is 6.61 Å². The van der Waals surface area contributed by atoms with Gasteiger partial charge in [-0.1, -0.05) is 25.8 Å². The molecule has 0 aliphatic heterocycles. The highest BCUT2D eigenvalue weighted by Crippen LogP contribution is 2.59. The zero-order valence-electron chi connectivity index (χ0n) is 9.05.